The van der Waals surface area contributed by atoms with Gasteiger partial charge in [0.05, 0.1) is 18.8 Å². The molecule has 1 N–H and O–H groups in total. The smallest absolute Gasteiger partial charge is 0.310 e. The van der Waals surface area contributed by atoms with E-state index in [0.29, 0.717) is 19.7 Å². The fourth-order valence-corrected chi connectivity index (χ4v) is 2.59. The van der Waals surface area contributed by atoms with Crippen LogP contribution in [0, 0.1) is 5.92 Å². The van der Waals surface area contributed by atoms with Gasteiger partial charge in [0, 0.05) is 26.1 Å². The second kappa shape index (κ2) is 8.36. The van der Waals surface area contributed by atoms with Crippen molar-refractivity contribution in [3.63, 3.8) is 0 Å². The van der Waals surface area contributed by atoms with Crippen molar-refractivity contribution >= 4 is 17.8 Å². The second-order valence-electron chi connectivity index (χ2n) is 5.41. The Morgan fingerprint density at radius 3 is 2.96 bits per heavy atom. The van der Waals surface area contributed by atoms with Crippen LogP contribution in [0.4, 0.5) is 0 Å². The standard InChI is InChI=1S/C16H22N2O5/c1-2-22-16(21)12-5-3-9-18(11-12)14(19)7-8-17-15(20)13-6-4-10-23-13/h4,6,10,12H,2-3,5,7-9,11H2,1H3,(H,17,20)/t12-/m1/s1. The molecule has 0 saturated carbocycles. The molecule has 0 radical (unpaired) electrons. The maximum Gasteiger partial charge on any atom is 0.310 e. The molecule has 1 saturated heterocycles. The molecule has 1 atom stereocenters. The van der Waals surface area contributed by atoms with Gasteiger partial charge < -0.3 is 19.4 Å². The Morgan fingerprint density at radius 1 is 1.43 bits per heavy atom. The van der Waals surface area contributed by atoms with Gasteiger partial charge in [-0.1, -0.05) is 0 Å². The van der Waals surface area contributed by atoms with Crippen molar-refractivity contribution < 1.29 is 23.5 Å². The quantitative estimate of drug-likeness (QED) is 0.795. The minimum absolute atomic E-state index is 0.0706. The molecule has 126 valence electrons. The van der Waals surface area contributed by atoms with E-state index >= 15 is 0 Å². The zero-order chi connectivity index (χ0) is 16.7. The van der Waals surface area contributed by atoms with E-state index in [4.69, 9.17) is 9.15 Å². The van der Waals surface area contributed by atoms with Crippen LogP contribution in [0.1, 0.15) is 36.7 Å². The third-order valence-corrected chi connectivity index (χ3v) is 3.76. The lowest BCUT2D eigenvalue weighted by Gasteiger charge is -2.31. The SMILES string of the molecule is CCOC(=O)[C@@H]1CCCN(C(=O)CCNC(=O)c2ccco2)C1. The predicted octanol–water partition coefficient (Wildman–Crippen LogP) is 1.20. The van der Waals surface area contributed by atoms with E-state index in [2.05, 4.69) is 5.32 Å². The molecule has 0 aliphatic carbocycles. The molecule has 0 unspecified atom stereocenters. The van der Waals surface area contributed by atoms with Crippen molar-refractivity contribution in [2.75, 3.05) is 26.2 Å². The van der Waals surface area contributed by atoms with Crippen LogP contribution >= 0.6 is 0 Å². The molecule has 0 spiro atoms. The third-order valence-electron chi connectivity index (χ3n) is 3.76. The summed E-state index contributed by atoms with van der Waals surface area (Å²) in [4.78, 5) is 37.3. The molecular formula is C16H22N2O5. The first kappa shape index (κ1) is 17.1. The fraction of sp³-hybridized carbons (Fsp3) is 0.562. The molecule has 0 bridgehead atoms. The number of hydrogen-bond acceptors (Lipinski definition) is 5. The fourth-order valence-electron chi connectivity index (χ4n) is 2.59. The van der Waals surface area contributed by atoms with Gasteiger partial charge in [0.15, 0.2) is 5.76 Å². The summed E-state index contributed by atoms with van der Waals surface area (Å²) in [5.41, 5.74) is 0. The van der Waals surface area contributed by atoms with Crippen LogP contribution in [0.3, 0.4) is 0 Å². The van der Waals surface area contributed by atoms with Gasteiger partial charge in [-0.25, -0.2) is 0 Å². The first-order valence-electron chi connectivity index (χ1n) is 7.88. The molecule has 2 heterocycles. The Hall–Kier alpha value is -2.31. The van der Waals surface area contributed by atoms with E-state index in [1.165, 1.54) is 6.26 Å². The van der Waals surface area contributed by atoms with Crippen LogP contribution in [-0.4, -0.2) is 48.9 Å². The number of likely N-dealkylation sites (tertiary alicyclic amines) is 1. The number of carbonyl (C=O) groups is 3. The molecule has 2 rings (SSSR count). The van der Waals surface area contributed by atoms with Crippen LogP contribution in [-0.2, 0) is 14.3 Å². The first-order chi connectivity index (χ1) is 11.1. The highest BCUT2D eigenvalue weighted by Gasteiger charge is 2.29. The molecular weight excluding hydrogens is 300 g/mol. The topological polar surface area (TPSA) is 88.9 Å². The third kappa shape index (κ3) is 4.84. The van der Waals surface area contributed by atoms with E-state index in [1.807, 2.05) is 0 Å². The van der Waals surface area contributed by atoms with Crippen molar-refractivity contribution in [1.82, 2.24) is 10.2 Å². The summed E-state index contributed by atoms with van der Waals surface area (Å²) >= 11 is 0. The predicted molar refractivity (Wildman–Crippen MR) is 81.6 cm³/mol. The van der Waals surface area contributed by atoms with Crippen LogP contribution in [0.2, 0.25) is 0 Å². The zero-order valence-corrected chi connectivity index (χ0v) is 13.2. The highest BCUT2D eigenvalue weighted by molar-refractivity contribution is 5.91. The van der Waals surface area contributed by atoms with E-state index < -0.39 is 0 Å². The number of furan rings is 1. The maximum atomic E-state index is 12.2. The summed E-state index contributed by atoms with van der Waals surface area (Å²) in [5.74, 6) is -0.677. The molecule has 1 aromatic rings. The second-order valence-corrected chi connectivity index (χ2v) is 5.41. The Labute approximate surface area is 135 Å². The number of amides is 2. The number of carbonyl (C=O) groups excluding carboxylic acids is 3. The van der Waals surface area contributed by atoms with E-state index in [0.717, 1.165) is 12.8 Å². The number of esters is 1. The number of hydrogen-bond donors (Lipinski definition) is 1. The number of piperidine rings is 1. The highest BCUT2D eigenvalue weighted by atomic mass is 16.5. The first-order valence-corrected chi connectivity index (χ1v) is 7.88. The number of nitrogens with zero attached hydrogens (tertiary/aromatic N) is 1. The van der Waals surface area contributed by atoms with Crippen LogP contribution in [0.25, 0.3) is 0 Å². The Bertz CT molecular complexity index is 541. The molecule has 2 amide bonds. The summed E-state index contributed by atoms with van der Waals surface area (Å²) in [6, 6.07) is 3.19. The van der Waals surface area contributed by atoms with Gasteiger partial charge in [-0.2, -0.15) is 0 Å². The van der Waals surface area contributed by atoms with Gasteiger partial charge in [0.2, 0.25) is 5.91 Å². The van der Waals surface area contributed by atoms with E-state index in [-0.39, 0.29) is 42.4 Å². The summed E-state index contributed by atoms with van der Waals surface area (Å²) in [5, 5.41) is 2.64. The van der Waals surface area contributed by atoms with E-state index in [1.54, 1.807) is 24.0 Å². The van der Waals surface area contributed by atoms with Crippen molar-refractivity contribution in [2.24, 2.45) is 5.92 Å². The molecule has 1 aromatic heterocycles. The molecule has 1 aliphatic heterocycles. The van der Waals surface area contributed by atoms with Crippen molar-refractivity contribution in [3.8, 4) is 0 Å². The molecule has 23 heavy (non-hydrogen) atoms. The van der Waals surface area contributed by atoms with Crippen molar-refractivity contribution in [3.05, 3.63) is 24.2 Å². The minimum atomic E-state index is -0.342. The van der Waals surface area contributed by atoms with Gasteiger partial charge in [-0.05, 0) is 31.9 Å². The van der Waals surface area contributed by atoms with Gasteiger partial charge in [-0.15, -0.1) is 0 Å². The molecule has 0 aromatic carbocycles. The lowest BCUT2D eigenvalue weighted by Crippen LogP contribution is -2.43. The van der Waals surface area contributed by atoms with Gasteiger partial charge in [0.1, 0.15) is 0 Å². The average Bonchev–Trinajstić information content (AvgIpc) is 3.09. The summed E-state index contributed by atoms with van der Waals surface area (Å²) in [6.07, 6.45) is 3.15. The molecule has 1 fully saturated rings. The summed E-state index contributed by atoms with van der Waals surface area (Å²) in [7, 11) is 0. The zero-order valence-electron chi connectivity index (χ0n) is 13.2. The number of rotatable bonds is 6. The van der Waals surface area contributed by atoms with Crippen LogP contribution in [0.15, 0.2) is 22.8 Å². The van der Waals surface area contributed by atoms with Crippen molar-refractivity contribution in [1.29, 1.82) is 0 Å². The Kier molecular flexibility index (Phi) is 6.19. The normalized spacial score (nSPS) is 17.6. The highest BCUT2D eigenvalue weighted by Crippen LogP contribution is 2.18. The summed E-state index contributed by atoms with van der Waals surface area (Å²) in [6.45, 7) is 3.39. The van der Waals surface area contributed by atoms with Gasteiger partial charge in [-0.3, -0.25) is 14.4 Å². The Morgan fingerprint density at radius 2 is 2.26 bits per heavy atom. The minimum Gasteiger partial charge on any atom is -0.466 e. The summed E-state index contributed by atoms with van der Waals surface area (Å²) < 4.78 is 9.99. The lowest BCUT2D eigenvalue weighted by molar-refractivity contribution is -0.151. The van der Waals surface area contributed by atoms with Crippen LogP contribution in [0.5, 0.6) is 0 Å². The van der Waals surface area contributed by atoms with Crippen molar-refractivity contribution in [2.45, 2.75) is 26.2 Å². The van der Waals surface area contributed by atoms with Gasteiger partial charge >= 0.3 is 5.97 Å². The monoisotopic (exact) mass is 322 g/mol. The molecule has 7 nitrogen and oxygen atoms in total. The average molecular weight is 322 g/mol. The number of ether oxygens (including phenoxy) is 1. The molecule has 7 heteroatoms. The maximum absolute atomic E-state index is 12.2. The van der Waals surface area contributed by atoms with E-state index in [9.17, 15) is 14.4 Å². The lowest BCUT2D eigenvalue weighted by atomic mass is 9.98. The Balaban J connectivity index is 1.74. The number of nitrogens with one attached hydrogen (secondary N) is 1. The van der Waals surface area contributed by atoms with Gasteiger partial charge in [0.25, 0.3) is 5.91 Å². The largest absolute Gasteiger partial charge is 0.466 e. The van der Waals surface area contributed by atoms with Crippen LogP contribution < -0.4 is 5.32 Å². The molecule has 1 aliphatic rings.